The Morgan fingerprint density at radius 2 is 0.935 bits per heavy atom. The number of hydrogen-bond acceptors (Lipinski definition) is 4. The zero-order valence-corrected chi connectivity index (χ0v) is 28.9. The first-order chi connectivity index (χ1) is 22.6. The first-order valence-corrected chi connectivity index (χ1v) is 18.8. The summed E-state index contributed by atoms with van der Waals surface area (Å²) in [6.45, 7) is 5.40. The van der Waals surface area contributed by atoms with Crippen LogP contribution < -0.4 is 0 Å². The smallest absolute Gasteiger partial charge is 0.0981 e. The molecule has 2 aliphatic rings. The van der Waals surface area contributed by atoms with Gasteiger partial charge in [-0.15, -0.1) is 0 Å². The molecule has 2 fully saturated rings. The van der Waals surface area contributed by atoms with E-state index in [0.717, 1.165) is 23.0 Å². The number of rotatable bonds is 19. The van der Waals surface area contributed by atoms with Gasteiger partial charge >= 0.3 is 0 Å². The molecule has 0 unspecified atom stereocenters. The number of unbranched alkanes of at least 4 members (excludes halogenated alkanes) is 4. The minimum absolute atomic E-state index is 0.200. The fourth-order valence-electron chi connectivity index (χ4n) is 7.89. The van der Waals surface area contributed by atoms with Crippen molar-refractivity contribution in [2.24, 2.45) is 11.8 Å². The molecule has 0 amide bonds. The van der Waals surface area contributed by atoms with Crippen molar-refractivity contribution in [2.75, 3.05) is 0 Å². The molecule has 0 bridgehead atoms. The largest absolute Gasteiger partial charge is 0.370 e. The molecule has 0 radical (unpaired) electrons. The molecule has 0 aliphatic heterocycles. The Balaban J connectivity index is 1.23. The minimum Gasteiger partial charge on any atom is -0.370 e. The second-order valence-corrected chi connectivity index (χ2v) is 14.3. The molecule has 0 heterocycles. The van der Waals surface area contributed by atoms with E-state index in [9.17, 15) is 10.5 Å². The van der Waals surface area contributed by atoms with Crippen molar-refractivity contribution in [3.8, 4) is 12.1 Å². The van der Waals surface area contributed by atoms with Gasteiger partial charge in [-0.05, 0) is 97.3 Å². The van der Waals surface area contributed by atoms with Crippen LogP contribution in [0.15, 0.2) is 48.5 Å². The molecule has 2 aromatic rings. The van der Waals surface area contributed by atoms with Gasteiger partial charge in [-0.3, -0.25) is 0 Å². The molecule has 0 saturated heterocycles. The third-order valence-electron chi connectivity index (χ3n) is 11.0. The average Bonchev–Trinajstić information content (AvgIpc) is 3.10. The zero-order chi connectivity index (χ0) is 32.4. The molecule has 4 nitrogen and oxygen atoms in total. The van der Waals surface area contributed by atoms with E-state index >= 15 is 0 Å². The predicted molar refractivity (Wildman–Crippen MR) is 188 cm³/mol. The van der Waals surface area contributed by atoms with Crippen molar-refractivity contribution in [1.82, 2.24) is 0 Å². The normalized spacial score (nSPS) is 22.9. The molecule has 2 saturated carbocycles. The van der Waals surface area contributed by atoms with Gasteiger partial charge in [0.1, 0.15) is 0 Å². The van der Waals surface area contributed by atoms with Crippen molar-refractivity contribution < 1.29 is 9.47 Å². The van der Waals surface area contributed by atoms with E-state index in [2.05, 4.69) is 74.5 Å². The molecule has 2 aromatic carbocycles. The fraction of sp³-hybridized carbons (Fsp3) is 0.667. The summed E-state index contributed by atoms with van der Waals surface area (Å²) in [6.07, 6.45) is 21.1. The molecule has 2 aliphatic carbocycles. The molecular weight excluding hydrogens is 564 g/mol. The molecule has 4 heteroatoms. The third kappa shape index (κ3) is 11.9. The molecule has 250 valence electrons. The maximum Gasteiger partial charge on any atom is 0.0981 e. The lowest BCUT2D eigenvalue weighted by Crippen LogP contribution is -2.31. The summed E-state index contributed by atoms with van der Waals surface area (Å²) in [5, 5.41) is 19.1. The third-order valence-corrected chi connectivity index (χ3v) is 11.0. The standard InChI is InChI=1S/C42H60N2O2/c1-3-5-7-9-33-11-19-37(20-12-33)39-23-15-35(16-24-39)31-45-41(27-29-43)42(28-30-44)46-32-36-17-25-40(26-18-36)38-21-13-34(14-22-38)10-8-6-4-2/h15-18,23-26,33-34,37-38,41-42H,3-14,19-22,27-28,31-32H2,1-2H3/t33?,34?,37?,38?,41-,42-/m1/s1. The maximum absolute atomic E-state index is 9.55. The van der Waals surface area contributed by atoms with Gasteiger partial charge < -0.3 is 9.47 Å². The van der Waals surface area contributed by atoms with E-state index < -0.39 is 12.2 Å². The van der Waals surface area contributed by atoms with Gasteiger partial charge in [-0.1, -0.05) is 114 Å². The van der Waals surface area contributed by atoms with Gasteiger partial charge in [0, 0.05) is 0 Å². The highest BCUT2D eigenvalue weighted by molar-refractivity contribution is 5.26. The quantitative estimate of drug-likeness (QED) is 0.146. The SMILES string of the molecule is CCCCCC1CCC(c2ccc(CO[C@H](CC#N)[C@@H](CC#N)OCc3ccc(C4CCC(CCCCC)CC4)cc3)cc2)CC1. The second-order valence-electron chi connectivity index (χ2n) is 14.3. The molecule has 0 aromatic heterocycles. The van der Waals surface area contributed by atoms with Crippen molar-refractivity contribution in [2.45, 2.75) is 167 Å². The van der Waals surface area contributed by atoms with Crippen LogP contribution in [-0.2, 0) is 22.7 Å². The van der Waals surface area contributed by atoms with Gasteiger partial charge in [-0.25, -0.2) is 0 Å². The molecule has 2 atom stereocenters. The Hall–Kier alpha value is -2.66. The highest BCUT2D eigenvalue weighted by atomic mass is 16.5. The maximum atomic E-state index is 9.55. The van der Waals surface area contributed by atoms with E-state index in [1.807, 2.05) is 0 Å². The second kappa shape index (κ2) is 20.5. The molecule has 46 heavy (non-hydrogen) atoms. The van der Waals surface area contributed by atoms with Crippen LogP contribution in [0.3, 0.4) is 0 Å². The van der Waals surface area contributed by atoms with E-state index in [0.29, 0.717) is 25.0 Å². The van der Waals surface area contributed by atoms with Crippen LogP contribution in [0.2, 0.25) is 0 Å². The van der Waals surface area contributed by atoms with Gasteiger partial charge in [0.2, 0.25) is 0 Å². The van der Waals surface area contributed by atoms with Crippen molar-refractivity contribution in [1.29, 1.82) is 10.5 Å². The highest BCUT2D eigenvalue weighted by Gasteiger charge is 2.25. The summed E-state index contributed by atoms with van der Waals surface area (Å²) in [5.41, 5.74) is 5.08. The van der Waals surface area contributed by atoms with Crippen molar-refractivity contribution in [3.05, 3.63) is 70.8 Å². The lowest BCUT2D eigenvalue weighted by Gasteiger charge is -2.29. The van der Waals surface area contributed by atoms with Gasteiger partial charge in [0.25, 0.3) is 0 Å². The number of benzene rings is 2. The lowest BCUT2D eigenvalue weighted by atomic mass is 9.77. The Morgan fingerprint density at radius 1 is 0.565 bits per heavy atom. The highest BCUT2D eigenvalue weighted by Crippen LogP contribution is 2.39. The van der Waals surface area contributed by atoms with Crippen molar-refractivity contribution >= 4 is 0 Å². The number of ether oxygens (including phenoxy) is 2. The average molecular weight is 625 g/mol. The molecule has 4 rings (SSSR count). The predicted octanol–water partition coefficient (Wildman–Crippen LogP) is 11.7. The van der Waals surface area contributed by atoms with E-state index in [-0.39, 0.29) is 12.8 Å². The van der Waals surface area contributed by atoms with E-state index in [1.165, 1.54) is 114 Å². The van der Waals surface area contributed by atoms with E-state index in [1.54, 1.807) is 0 Å². The van der Waals surface area contributed by atoms with Crippen LogP contribution in [0, 0.1) is 34.5 Å². The molecular formula is C42H60N2O2. The first kappa shape index (κ1) is 36.2. The summed E-state index contributed by atoms with van der Waals surface area (Å²) in [7, 11) is 0. The number of nitrogens with zero attached hydrogens (tertiary/aromatic N) is 2. The van der Waals surface area contributed by atoms with Crippen molar-refractivity contribution in [3.63, 3.8) is 0 Å². The van der Waals surface area contributed by atoms with Crippen LogP contribution in [0.1, 0.15) is 164 Å². The van der Waals surface area contributed by atoms with Gasteiger partial charge in [0.15, 0.2) is 0 Å². The minimum atomic E-state index is -0.445. The van der Waals surface area contributed by atoms with Crippen LogP contribution in [0.25, 0.3) is 0 Å². The van der Waals surface area contributed by atoms with Crippen LogP contribution in [0.4, 0.5) is 0 Å². The van der Waals surface area contributed by atoms with Crippen LogP contribution >= 0.6 is 0 Å². The topological polar surface area (TPSA) is 66.0 Å². The number of hydrogen-bond donors (Lipinski definition) is 0. The fourth-order valence-corrected chi connectivity index (χ4v) is 7.89. The zero-order valence-electron chi connectivity index (χ0n) is 28.9. The first-order valence-electron chi connectivity index (χ1n) is 18.8. The monoisotopic (exact) mass is 624 g/mol. The van der Waals surface area contributed by atoms with Crippen LogP contribution in [-0.4, -0.2) is 12.2 Å². The van der Waals surface area contributed by atoms with Crippen LogP contribution in [0.5, 0.6) is 0 Å². The van der Waals surface area contributed by atoms with Gasteiger partial charge in [0.05, 0.1) is 50.4 Å². The Kier molecular flexibility index (Phi) is 16.2. The molecule has 0 N–H and O–H groups in total. The Morgan fingerprint density at radius 3 is 1.26 bits per heavy atom. The van der Waals surface area contributed by atoms with Gasteiger partial charge in [-0.2, -0.15) is 10.5 Å². The summed E-state index contributed by atoms with van der Waals surface area (Å²) in [6, 6.07) is 22.3. The Bertz CT molecular complexity index is 1080. The van der Waals surface area contributed by atoms with E-state index in [4.69, 9.17) is 9.47 Å². The number of nitriles is 2. The summed E-state index contributed by atoms with van der Waals surface area (Å²) < 4.78 is 12.5. The summed E-state index contributed by atoms with van der Waals surface area (Å²) in [5.74, 6) is 3.18. The summed E-state index contributed by atoms with van der Waals surface area (Å²) >= 11 is 0. The molecule has 0 spiro atoms. The summed E-state index contributed by atoms with van der Waals surface area (Å²) in [4.78, 5) is 0. The Labute approximate surface area is 280 Å². The lowest BCUT2D eigenvalue weighted by molar-refractivity contribution is -0.0811.